The van der Waals surface area contributed by atoms with Crippen molar-refractivity contribution in [1.29, 1.82) is 0 Å². The average Bonchev–Trinajstić information content (AvgIpc) is 2.07. The van der Waals surface area contributed by atoms with Gasteiger partial charge < -0.3 is 0 Å². The molecule has 0 aliphatic heterocycles. The van der Waals surface area contributed by atoms with E-state index in [0.29, 0.717) is 11.4 Å². The molecule has 4 heteroatoms. The van der Waals surface area contributed by atoms with Gasteiger partial charge in [0.1, 0.15) is 6.08 Å². The van der Waals surface area contributed by atoms with Gasteiger partial charge in [-0.15, -0.1) is 0 Å². The number of ketones is 1. The lowest BCUT2D eigenvalue weighted by Gasteiger charge is -1.98. The van der Waals surface area contributed by atoms with E-state index in [1.54, 1.807) is 6.08 Å². The van der Waals surface area contributed by atoms with Crippen LogP contribution in [0.3, 0.4) is 0 Å². The third-order valence-electron chi connectivity index (χ3n) is 1.62. The molecule has 1 aliphatic carbocycles. The van der Waals surface area contributed by atoms with E-state index in [1.165, 1.54) is 12.2 Å². The molecular weight excluding hydrogens is 182 g/mol. The van der Waals surface area contributed by atoms with Crippen LogP contribution in [0.25, 0.3) is 0 Å². The summed E-state index contributed by atoms with van der Waals surface area (Å²) in [7, 11) is 0. The van der Waals surface area contributed by atoms with E-state index in [4.69, 9.17) is 4.42 Å². The largest absolute Gasteiger partial charge is 0.357 e. The van der Waals surface area contributed by atoms with Crippen LogP contribution in [0, 0.1) is 10.1 Å². The Labute approximate surface area is 82.1 Å². The molecule has 0 amide bonds. The number of carbonyl (C=O) groups excluding carboxylic acids is 1. The molecule has 0 fully saturated rings. The van der Waals surface area contributed by atoms with E-state index < -0.39 is 4.92 Å². The average molecular weight is 194 g/mol. The molecule has 0 atom stereocenters. The van der Waals surface area contributed by atoms with Crippen molar-refractivity contribution in [2.45, 2.75) is 20.0 Å². The summed E-state index contributed by atoms with van der Waals surface area (Å²) in [6.07, 6.45) is 4.37. The first-order valence-corrected chi connectivity index (χ1v) is 4.27. The Kier molecular flexibility index (Phi) is 2.96. The zero-order valence-electron chi connectivity index (χ0n) is 8.19. The van der Waals surface area contributed by atoms with E-state index in [9.17, 15) is 10.1 Å². The summed E-state index contributed by atoms with van der Waals surface area (Å²) in [6, 6.07) is 0. The molecule has 0 aromatic carbocycles. The van der Waals surface area contributed by atoms with Crippen molar-refractivity contribution in [3.05, 3.63) is 46.2 Å². The maximum absolute atomic E-state index is 10.5. The van der Waals surface area contributed by atoms with Gasteiger partial charge >= 0.3 is 5.78 Å². The molecule has 4 nitrogen and oxygen atoms in total. The predicted molar refractivity (Wildman–Crippen MR) is 53.5 cm³/mol. The second kappa shape index (κ2) is 4.00. The van der Waals surface area contributed by atoms with Crippen LogP contribution in [0.2, 0.25) is 0 Å². The third-order valence-corrected chi connectivity index (χ3v) is 1.62. The Bertz CT molecular complexity index is 362. The van der Waals surface area contributed by atoms with Crippen molar-refractivity contribution in [2.75, 3.05) is 0 Å². The van der Waals surface area contributed by atoms with Crippen molar-refractivity contribution < 1.29 is 9.35 Å². The van der Waals surface area contributed by atoms with Gasteiger partial charge in [-0.25, -0.2) is 0 Å². The van der Waals surface area contributed by atoms with E-state index >= 15 is 0 Å². The lowest BCUT2D eigenvalue weighted by molar-refractivity contribution is -0.492. The smallest absolute Gasteiger partial charge is 0.258 e. The molecule has 74 valence electrons. The summed E-state index contributed by atoms with van der Waals surface area (Å²) in [5.41, 5.74) is 0.678. The first kappa shape index (κ1) is 10.4. The molecule has 0 N–H and O–H groups in total. The summed E-state index contributed by atoms with van der Waals surface area (Å²) in [4.78, 5) is 10.0. The highest BCUT2D eigenvalue weighted by Gasteiger charge is 2.23. The molecule has 0 aromatic rings. The van der Waals surface area contributed by atoms with Crippen LogP contribution in [0.15, 0.2) is 36.1 Å². The highest BCUT2D eigenvalue weighted by atomic mass is 16.6. The summed E-state index contributed by atoms with van der Waals surface area (Å²) in [5, 5.41) is 10.5. The molecule has 0 saturated heterocycles. The second-order valence-electron chi connectivity index (χ2n) is 3.22. The summed E-state index contributed by atoms with van der Waals surface area (Å²) in [6.45, 7) is 7.45. The topological polar surface area (TPSA) is 54.4 Å². The van der Waals surface area contributed by atoms with Crippen molar-refractivity contribution in [2.24, 2.45) is 0 Å². The highest BCUT2D eigenvalue weighted by molar-refractivity contribution is 6.07. The van der Waals surface area contributed by atoms with Gasteiger partial charge in [-0.1, -0.05) is 6.58 Å². The Morgan fingerprint density at radius 3 is 2.64 bits per heavy atom. The van der Waals surface area contributed by atoms with Gasteiger partial charge in [0.15, 0.2) is 0 Å². The van der Waals surface area contributed by atoms with Crippen LogP contribution >= 0.6 is 0 Å². The molecule has 14 heavy (non-hydrogen) atoms. The number of nitrogens with zero attached hydrogens (tertiary/aromatic N) is 1. The highest BCUT2D eigenvalue weighted by Crippen LogP contribution is 2.12. The Morgan fingerprint density at radius 2 is 2.14 bits per heavy atom. The standard InChI is InChI=1S/C10H12NO3/c1-7(2)14-10-6-9(11(12)13)5-4-8(10)3/h4-7H,3H2,1-2H3/q+1. The molecule has 0 saturated carbocycles. The zero-order valence-corrected chi connectivity index (χ0v) is 8.19. The molecule has 0 bridgehead atoms. The van der Waals surface area contributed by atoms with Crippen LogP contribution in [-0.2, 0) is 4.42 Å². The molecule has 1 aliphatic rings. The van der Waals surface area contributed by atoms with Gasteiger partial charge in [0.25, 0.3) is 11.8 Å². The first-order valence-electron chi connectivity index (χ1n) is 4.27. The third kappa shape index (κ3) is 2.39. The summed E-state index contributed by atoms with van der Waals surface area (Å²) in [5.74, 6) is 0.467. The number of allylic oxidation sites excluding steroid dienone is 4. The van der Waals surface area contributed by atoms with Crippen molar-refractivity contribution in [3.8, 4) is 0 Å². The monoisotopic (exact) mass is 194 g/mol. The molecule has 0 spiro atoms. The van der Waals surface area contributed by atoms with E-state index in [1.807, 2.05) is 13.8 Å². The Hall–Kier alpha value is -1.71. The SMILES string of the molecule is C=C1C=CC([N+](=O)[O-])=CC1=[O+]C(C)C. The fourth-order valence-corrected chi connectivity index (χ4v) is 1.02. The van der Waals surface area contributed by atoms with Gasteiger partial charge in [-0.05, 0) is 6.08 Å². The number of rotatable bonds is 2. The fourth-order valence-electron chi connectivity index (χ4n) is 1.02. The molecule has 0 unspecified atom stereocenters. The van der Waals surface area contributed by atoms with Crippen LogP contribution in [0.4, 0.5) is 0 Å². The minimum atomic E-state index is -0.452. The van der Waals surface area contributed by atoms with Gasteiger partial charge in [-0.2, -0.15) is 0 Å². The number of nitro groups is 1. The van der Waals surface area contributed by atoms with Crippen LogP contribution in [0.5, 0.6) is 0 Å². The van der Waals surface area contributed by atoms with Crippen molar-refractivity contribution in [1.82, 2.24) is 0 Å². The molecule has 1 rings (SSSR count). The maximum Gasteiger partial charge on any atom is 0.357 e. The molecule has 0 aromatic heterocycles. The van der Waals surface area contributed by atoms with Crippen LogP contribution in [-0.4, -0.2) is 16.8 Å². The molecule has 0 heterocycles. The van der Waals surface area contributed by atoms with Gasteiger partial charge in [-0.3, -0.25) is 14.5 Å². The van der Waals surface area contributed by atoms with Crippen molar-refractivity contribution >= 4 is 5.78 Å². The van der Waals surface area contributed by atoms with E-state index in [0.717, 1.165) is 0 Å². The number of hydrogen-bond acceptors (Lipinski definition) is 2. The normalized spacial score (nSPS) is 18.9. The molecular formula is C10H12NO3+. The maximum atomic E-state index is 10.5. The minimum Gasteiger partial charge on any atom is -0.258 e. The first-order chi connectivity index (χ1) is 6.50. The van der Waals surface area contributed by atoms with Gasteiger partial charge in [0, 0.05) is 19.9 Å². The summed E-state index contributed by atoms with van der Waals surface area (Å²) < 4.78 is 5.37. The van der Waals surface area contributed by atoms with E-state index in [-0.39, 0.29) is 11.8 Å². The lowest BCUT2D eigenvalue weighted by Crippen LogP contribution is -2.12. The molecule has 0 radical (unpaired) electrons. The predicted octanol–water partition coefficient (Wildman–Crippen LogP) is 1.79. The zero-order chi connectivity index (χ0) is 10.7. The quantitative estimate of drug-likeness (QED) is 0.291. The number of hydrogen-bond donors (Lipinski definition) is 0. The van der Waals surface area contributed by atoms with Crippen LogP contribution < -0.4 is 0 Å². The fraction of sp³-hybridized carbons (Fsp3) is 0.300. The Balaban J connectivity index is 3.03. The van der Waals surface area contributed by atoms with Crippen LogP contribution in [0.1, 0.15) is 13.8 Å². The van der Waals surface area contributed by atoms with Crippen molar-refractivity contribution in [3.63, 3.8) is 0 Å². The second-order valence-corrected chi connectivity index (χ2v) is 3.22. The van der Waals surface area contributed by atoms with Gasteiger partial charge in [0.2, 0.25) is 0 Å². The summed E-state index contributed by atoms with van der Waals surface area (Å²) >= 11 is 0. The Morgan fingerprint density at radius 1 is 1.50 bits per heavy atom. The van der Waals surface area contributed by atoms with Gasteiger partial charge in [0.05, 0.1) is 10.5 Å². The lowest BCUT2D eigenvalue weighted by atomic mass is 10.1. The van der Waals surface area contributed by atoms with E-state index in [2.05, 4.69) is 6.58 Å². The minimum absolute atomic E-state index is 0.0162.